The molecule has 4 aromatic rings. The lowest BCUT2D eigenvalue weighted by atomic mass is 9.82. The molecule has 0 unspecified atom stereocenters. The van der Waals surface area contributed by atoms with Crippen LogP contribution in [0.1, 0.15) is 79.2 Å². The van der Waals surface area contributed by atoms with Crippen LogP contribution in [0, 0.1) is 5.92 Å². The molecule has 1 amide bonds. The van der Waals surface area contributed by atoms with Crippen molar-refractivity contribution >= 4 is 35.8 Å². The van der Waals surface area contributed by atoms with Gasteiger partial charge >= 0.3 is 11.7 Å². The minimum Gasteiger partial charge on any atom is -0.404 e. The van der Waals surface area contributed by atoms with E-state index in [1.165, 1.54) is 14.9 Å². The number of carbonyl (C=O) groups is 1. The minimum atomic E-state index is -2.63. The van der Waals surface area contributed by atoms with Gasteiger partial charge in [-0.15, -0.1) is 0 Å². The largest absolute Gasteiger partial charge is 0.404 e. The van der Waals surface area contributed by atoms with Crippen molar-refractivity contribution in [2.75, 3.05) is 26.2 Å². The fourth-order valence-corrected chi connectivity index (χ4v) is 13.0. The number of aliphatic hydroxyl groups is 1. The van der Waals surface area contributed by atoms with Gasteiger partial charge in [-0.1, -0.05) is 93.6 Å². The monoisotopic (exact) mass is 682 g/mol. The van der Waals surface area contributed by atoms with Crippen LogP contribution >= 0.6 is 0 Å². The maximum Gasteiger partial charge on any atom is 0.337 e. The number of benzene rings is 3. The van der Waals surface area contributed by atoms with Crippen LogP contribution in [0.25, 0.3) is 11.0 Å². The van der Waals surface area contributed by atoms with Crippen LogP contribution < -0.4 is 21.4 Å². The molecule has 9 heteroatoms. The van der Waals surface area contributed by atoms with Gasteiger partial charge in [0, 0.05) is 25.2 Å². The highest BCUT2D eigenvalue weighted by Gasteiger charge is 2.52. The Hall–Kier alpha value is -3.50. The van der Waals surface area contributed by atoms with E-state index in [1.54, 1.807) is 4.57 Å². The normalized spacial score (nSPS) is 21.3. The Kier molecular flexibility index (Phi) is 10.4. The third-order valence-electron chi connectivity index (χ3n) is 10.9. The SMILES string of the molecule is CC(C)n1c(=O)n(C(=O)NCC2CCN(CC3(O)CCC(O[Si](c4ccccc4)(c4ccccc4)C(C)(C)C)CC3)CC2)c2ccccc21. The first-order chi connectivity index (χ1) is 23.4. The van der Waals surface area contributed by atoms with Crippen molar-refractivity contribution in [1.29, 1.82) is 0 Å². The van der Waals surface area contributed by atoms with E-state index >= 15 is 0 Å². The fraction of sp³-hybridized carbons (Fsp3) is 0.500. The number of nitrogens with one attached hydrogen (secondary N) is 1. The summed E-state index contributed by atoms with van der Waals surface area (Å²) in [4.78, 5) is 28.8. The van der Waals surface area contributed by atoms with E-state index in [-0.39, 0.29) is 28.9 Å². The highest BCUT2D eigenvalue weighted by molar-refractivity contribution is 6.99. The van der Waals surface area contributed by atoms with E-state index in [4.69, 9.17) is 4.43 Å². The van der Waals surface area contributed by atoms with E-state index in [0.29, 0.717) is 24.5 Å². The Bertz CT molecular complexity index is 1720. The summed E-state index contributed by atoms with van der Waals surface area (Å²) in [5, 5.41) is 17.3. The summed E-state index contributed by atoms with van der Waals surface area (Å²) in [6.45, 7) is 13.8. The first-order valence-electron chi connectivity index (χ1n) is 18.2. The van der Waals surface area contributed by atoms with Gasteiger partial charge in [0.25, 0.3) is 8.32 Å². The predicted molar refractivity (Wildman–Crippen MR) is 200 cm³/mol. The van der Waals surface area contributed by atoms with Crippen LogP contribution in [0.5, 0.6) is 0 Å². The number of β-amino-alcohol motifs (C(OH)–C–C–N with tert-alkyl or cyclic N) is 1. The summed E-state index contributed by atoms with van der Waals surface area (Å²) >= 11 is 0. The van der Waals surface area contributed by atoms with Crippen LogP contribution in [0.2, 0.25) is 5.04 Å². The zero-order valence-electron chi connectivity index (χ0n) is 29.9. The molecule has 1 aliphatic heterocycles. The molecule has 3 aromatic carbocycles. The molecule has 2 N–H and O–H groups in total. The summed E-state index contributed by atoms with van der Waals surface area (Å²) in [6, 6.07) is 28.7. The third-order valence-corrected chi connectivity index (χ3v) is 16.0. The number of carbonyl (C=O) groups excluding carboxylic acids is 1. The van der Waals surface area contributed by atoms with Crippen LogP contribution in [0.3, 0.4) is 0 Å². The molecule has 49 heavy (non-hydrogen) atoms. The quantitative estimate of drug-likeness (QED) is 0.215. The molecule has 8 nitrogen and oxygen atoms in total. The number of amides is 1. The number of hydrogen-bond acceptors (Lipinski definition) is 5. The number of likely N-dealkylation sites (tertiary alicyclic amines) is 1. The van der Waals surface area contributed by atoms with Gasteiger partial charge in [0.1, 0.15) is 0 Å². The molecule has 0 bridgehead atoms. The summed E-state index contributed by atoms with van der Waals surface area (Å²) in [6.07, 6.45) is 5.13. The highest BCUT2D eigenvalue weighted by atomic mass is 28.4. The molecule has 262 valence electrons. The van der Waals surface area contributed by atoms with Crippen LogP contribution in [0.4, 0.5) is 4.79 Å². The average molecular weight is 683 g/mol. The second kappa shape index (κ2) is 14.4. The van der Waals surface area contributed by atoms with Gasteiger partial charge < -0.3 is 19.7 Å². The standard InChI is InChI=1S/C40H54N4O4Si/c1-30(2)43-35-18-12-13-19-36(35)44(38(43)46)37(45)41-28-31-22-26-42(27-23-31)29-40(47)24-20-32(21-25-40)48-49(39(3,4)5,33-14-8-6-9-15-33)34-16-10-7-11-17-34/h6-19,30-32,47H,20-29H2,1-5H3,(H,41,45). The highest BCUT2D eigenvalue weighted by Crippen LogP contribution is 2.40. The molecule has 0 radical (unpaired) electrons. The van der Waals surface area contributed by atoms with Gasteiger partial charge in [0.15, 0.2) is 0 Å². The Labute approximate surface area is 292 Å². The number of para-hydroxylation sites is 2. The van der Waals surface area contributed by atoms with E-state index in [1.807, 2.05) is 38.1 Å². The number of piperidine rings is 1. The molecular formula is C40H54N4O4Si. The molecule has 2 aliphatic rings. The van der Waals surface area contributed by atoms with E-state index in [9.17, 15) is 14.7 Å². The van der Waals surface area contributed by atoms with Gasteiger partial charge in [-0.3, -0.25) is 4.57 Å². The van der Waals surface area contributed by atoms with Crippen LogP contribution in [0.15, 0.2) is 89.7 Å². The zero-order valence-corrected chi connectivity index (χ0v) is 30.9. The third kappa shape index (κ3) is 7.22. The summed E-state index contributed by atoms with van der Waals surface area (Å²) < 4.78 is 10.3. The number of hydrogen-bond donors (Lipinski definition) is 2. The molecule has 0 atom stereocenters. The summed E-state index contributed by atoms with van der Waals surface area (Å²) in [7, 11) is -2.63. The van der Waals surface area contributed by atoms with Gasteiger partial charge in [0.2, 0.25) is 0 Å². The maximum absolute atomic E-state index is 13.2. The molecule has 6 rings (SSSR count). The summed E-state index contributed by atoms with van der Waals surface area (Å²) in [5.74, 6) is 0.333. The Morgan fingerprint density at radius 1 is 0.878 bits per heavy atom. The van der Waals surface area contributed by atoms with Crippen molar-refractivity contribution in [2.24, 2.45) is 5.92 Å². The Morgan fingerprint density at radius 2 is 1.41 bits per heavy atom. The number of aromatic nitrogens is 2. The van der Waals surface area contributed by atoms with Crippen molar-refractivity contribution in [3.63, 3.8) is 0 Å². The molecular weight excluding hydrogens is 629 g/mol. The van der Waals surface area contributed by atoms with Crippen molar-refractivity contribution in [1.82, 2.24) is 19.4 Å². The lowest BCUT2D eigenvalue weighted by molar-refractivity contribution is -0.0544. The predicted octanol–water partition coefficient (Wildman–Crippen LogP) is 5.90. The smallest absolute Gasteiger partial charge is 0.337 e. The fourth-order valence-electron chi connectivity index (χ4n) is 8.29. The van der Waals surface area contributed by atoms with Crippen molar-refractivity contribution in [3.8, 4) is 0 Å². The van der Waals surface area contributed by atoms with E-state index in [0.717, 1.165) is 57.1 Å². The molecule has 2 heterocycles. The lowest BCUT2D eigenvalue weighted by Gasteiger charge is -2.48. The number of rotatable bonds is 9. The van der Waals surface area contributed by atoms with Gasteiger partial charge in [0.05, 0.1) is 16.6 Å². The molecule has 1 aromatic heterocycles. The van der Waals surface area contributed by atoms with E-state index < -0.39 is 13.9 Å². The maximum atomic E-state index is 13.2. The minimum absolute atomic E-state index is 0.0457. The van der Waals surface area contributed by atoms with Gasteiger partial charge in [-0.25, -0.2) is 14.2 Å². The number of nitrogens with zero attached hydrogens (tertiary/aromatic N) is 3. The van der Waals surface area contributed by atoms with Crippen molar-refractivity contribution in [3.05, 3.63) is 95.4 Å². The molecule has 2 fully saturated rings. The first kappa shape index (κ1) is 35.3. The first-order valence-corrected chi connectivity index (χ1v) is 20.1. The average Bonchev–Trinajstić information content (AvgIpc) is 3.39. The number of fused-ring (bicyclic) bond motifs is 1. The van der Waals surface area contributed by atoms with E-state index in [2.05, 4.69) is 91.7 Å². The second-order valence-electron chi connectivity index (χ2n) is 15.7. The van der Waals surface area contributed by atoms with Crippen molar-refractivity contribution in [2.45, 2.75) is 95.9 Å². The lowest BCUT2D eigenvalue weighted by Crippen LogP contribution is -2.68. The molecule has 1 saturated carbocycles. The zero-order chi connectivity index (χ0) is 34.8. The number of imidazole rings is 1. The van der Waals surface area contributed by atoms with Gasteiger partial charge in [-0.05, 0) is 98.9 Å². The molecule has 0 spiro atoms. The molecule has 1 saturated heterocycles. The summed E-state index contributed by atoms with van der Waals surface area (Å²) in [5.41, 5.74) is 0.377. The topological polar surface area (TPSA) is 88.7 Å². The van der Waals surface area contributed by atoms with Gasteiger partial charge in [-0.2, -0.15) is 0 Å². The van der Waals surface area contributed by atoms with Crippen molar-refractivity contribution < 1.29 is 14.3 Å². The van der Waals surface area contributed by atoms with Crippen LogP contribution in [-0.2, 0) is 4.43 Å². The molecule has 1 aliphatic carbocycles. The Morgan fingerprint density at radius 3 is 1.94 bits per heavy atom. The van der Waals surface area contributed by atoms with Crippen LogP contribution in [-0.4, -0.2) is 71.4 Å². The second-order valence-corrected chi connectivity index (χ2v) is 19.9. The Balaban J connectivity index is 1.03.